The number of rotatable bonds is 6. The monoisotopic (exact) mass is 270 g/mol. The van der Waals surface area contributed by atoms with Gasteiger partial charge in [-0.05, 0) is 20.8 Å². The Morgan fingerprint density at radius 2 is 2.26 bits per heavy atom. The number of amides is 1. The summed E-state index contributed by atoms with van der Waals surface area (Å²) in [6.07, 6.45) is 1.01. The summed E-state index contributed by atoms with van der Waals surface area (Å²) in [5.74, 6) is 4.53. The molecule has 0 aliphatic carbocycles. The van der Waals surface area contributed by atoms with Gasteiger partial charge in [0.05, 0.1) is 12.7 Å². The van der Waals surface area contributed by atoms with E-state index in [1.807, 2.05) is 13.8 Å². The van der Waals surface area contributed by atoms with Crippen LogP contribution in [0.25, 0.3) is 0 Å². The highest BCUT2D eigenvalue weighted by Crippen LogP contribution is 2.16. The minimum atomic E-state index is -0.599. The Labute approximate surface area is 111 Å². The van der Waals surface area contributed by atoms with E-state index < -0.39 is 5.82 Å². The van der Waals surface area contributed by atoms with Crippen molar-refractivity contribution in [3.63, 3.8) is 0 Å². The first kappa shape index (κ1) is 15.1. The van der Waals surface area contributed by atoms with E-state index in [-0.39, 0.29) is 30.3 Å². The van der Waals surface area contributed by atoms with E-state index in [0.717, 1.165) is 6.20 Å². The lowest BCUT2D eigenvalue weighted by molar-refractivity contribution is -0.120. The Morgan fingerprint density at radius 1 is 1.58 bits per heavy atom. The quantitative estimate of drug-likeness (QED) is 0.506. The predicted molar refractivity (Wildman–Crippen MR) is 71.0 cm³/mol. The van der Waals surface area contributed by atoms with E-state index in [2.05, 4.69) is 20.7 Å². The Balaban J connectivity index is 2.87. The zero-order chi connectivity index (χ0) is 14.4. The van der Waals surface area contributed by atoms with Crippen molar-refractivity contribution in [1.29, 1.82) is 0 Å². The third kappa shape index (κ3) is 4.32. The fourth-order valence-corrected chi connectivity index (χ4v) is 1.53. The highest BCUT2D eigenvalue weighted by Gasteiger charge is 2.17. The van der Waals surface area contributed by atoms with E-state index in [9.17, 15) is 9.18 Å². The topological polar surface area (TPSA) is 96.2 Å². The molecule has 1 amide bonds. The number of carbonyl (C=O) groups excluding carboxylic acids is 1. The number of hydrazine groups is 1. The lowest BCUT2D eigenvalue weighted by Gasteiger charge is -2.22. The maximum absolute atomic E-state index is 13.7. The van der Waals surface area contributed by atoms with Gasteiger partial charge in [0.15, 0.2) is 11.6 Å². The Morgan fingerprint density at radius 3 is 2.79 bits per heavy atom. The molecule has 0 atom stereocenters. The number of nitrogens with zero attached hydrogens (tertiary/aromatic N) is 3. The largest absolute Gasteiger partial charge is 0.352 e. The Kier molecular flexibility index (Phi) is 5.43. The first-order valence-corrected chi connectivity index (χ1v) is 6.01. The molecule has 0 radical (unpaired) electrons. The molecule has 1 heterocycles. The molecule has 106 valence electrons. The van der Waals surface area contributed by atoms with E-state index in [0.29, 0.717) is 6.54 Å². The van der Waals surface area contributed by atoms with Gasteiger partial charge in [-0.2, -0.15) is 4.98 Å². The molecule has 0 unspecified atom stereocenters. The number of nitrogen functional groups attached to an aromatic ring is 1. The molecule has 4 N–H and O–H groups in total. The van der Waals surface area contributed by atoms with Gasteiger partial charge in [0.1, 0.15) is 0 Å². The standard InChI is InChI=1S/C11H19FN6O/c1-4-18(6-9(19)15-7(2)3)10-8(12)5-14-11(16-10)17-13/h5,7H,4,6,13H2,1-3H3,(H,15,19)(H,14,16,17). The normalized spacial score (nSPS) is 10.4. The van der Waals surface area contributed by atoms with Crippen LogP contribution in [-0.4, -0.2) is 35.0 Å². The Hall–Kier alpha value is -1.96. The van der Waals surface area contributed by atoms with Gasteiger partial charge in [0.2, 0.25) is 11.9 Å². The van der Waals surface area contributed by atoms with Crippen LogP contribution in [-0.2, 0) is 4.79 Å². The molecule has 8 heteroatoms. The molecular formula is C11H19FN6O. The SMILES string of the molecule is CCN(CC(=O)NC(C)C)c1nc(NN)ncc1F. The molecule has 0 bridgehead atoms. The lowest BCUT2D eigenvalue weighted by atomic mass is 10.3. The number of anilines is 2. The van der Waals surface area contributed by atoms with Crippen LogP contribution in [0.3, 0.4) is 0 Å². The fourth-order valence-electron chi connectivity index (χ4n) is 1.53. The molecule has 1 aromatic rings. The van der Waals surface area contributed by atoms with E-state index >= 15 is 0 Å². The Bertz CT molecular complexity index is 439. The maximum atomic E-state index is 13.7. The third-order valence-electron chi connectivity index (χ3n) is 2.32. The van der Waals surface area contributed by atoms with Crippen molar-refractivity contribution in [2.24, 2.45) is 5.84 Å². The van der Waals surface area contributed by atoms with Gasteiger partial charge >= 0.3 is 0 Å². The molecule has 1 rings (SSSR count). The number of nitrogens with one attached hydrogen (secondary N) is 2. The molecule has 1 aromatic heterocycles. The van der Waals surface area contributed by atoms with Crippen molar-refractivity contribution in [1.82, 2.24) is 15.3 Å². The number of nitrogens with two attached hydrogens (primary N) is 1. The average Bonchev–Trinajstić information content (AvgIpc) is 2.36. The van der Waals surface area contributed by atoms with Crippen molar-refractivity contribution in [3.8, 4) is 0 Å². The molecular weight excluding hydrogens is 251 g/mol. The number of carbonyl (C=O) groups is 1. The molecule has 0 saturated heterocycles. The van der Waals surface area contributed by atoms with Gasteiger partial charge in [-0.1, -0.05) is 0 Å². The van der Waals surface area contributed by atoms with Crippen LogP contribution in [0.1, 0.15) is 20.8 Å². The average molecular weight is 270 g/mol. The number of hydrogen-bond acceptors (Lipinski definition) is 6. The van der Waals surface area contributed by atoms with Crippen LogP contribution >= 0.6 is 0 Å². The smallest absolute Gasteiger partial charge is 0.239 e. The van der Waals surface area contributed by atoms with E-state index in [4.69, 9.17) is 5.84 Å². The predicted octanol–water partition coefficient (Wildman–Crippen LogP) is 0.252. The van der Waals surface area contributed by atoms with Crippen LogP contribution in [0, 0.1) is 5.82 Å². The molecule has 7 nitrogen and oxygen atoms in total. The molecule has 0 aromatic carbocycles. The van der Waals surface area contributed by atoms with Gasteiger partial charge in [0, 0.05) is 12.6 Å². The first-order valence-electron chi connectivity index (χ1n) is 6.01. The number of aromatic nitrogens is 2. The number of hydrogen-bond donors (Lipinski definition) is 3. The van der Waals surface area contributed by atoms with Gasteiger partial charge in [-0.15, -0.1) is 0 Å². The molecule has 0 aliphatic heterocycles. The van der Waals surface area contributed by atoms with Crippen LogP contribution in [0.4, 0.5) is 16.2 Å². The van der Waals surface area contributed by atoms with Gasteiger partial charge in [-0.3, -0.25) is 10.2 Å². The molecule has 0 saturated carbocycles. The van der Waals surface area contributed by atoms with Crippen molar-refractivity contribution in [2.45, 2.75) is 26.8 Å². The minimum Gasteiger partial charge on any atom is -0.352 e. The van der Waals surface area contributed by atoms with Gasteiger partial charge in [0.25, 0.3) is 0 Å². The zero-order valence-corrected chi connectivity index (χ0v) is 11.3. The molecule has 0 fully saturated rings. The van der Waals surface area contributed by atoms with Gasteiger partial charge < -0.3 is 10.2 Å². The van der Waals surface area contributed by atoms with Crippen LogP contribution in [0.15, 0.2) is 6.20 Å². The number of halogens is 1. The first-order chi connectivity index (χ1) is 8.97. The molecule has 0 spiro atoms. The summed E-state index contributed by atoms with van der Waals surface area (Å²) in [5, 5.41) is 2.74. The zero-order valence-electron chi connectivity index (χ0n) is 11.3. The van der Waals surface area contributed by atoms with E-state index in [1.54, 1.807) is 6.92 Å². The summed E-state index contributed by atoms with van der Waals surface area (Å²) in [5.41, 5.74) is 2.24. The van der Waals surface area contributed by atoms with Crippen molar-refractivity contribution in [2.75, 3.05) is 23.4 Å². The summed E-state index contributed by atoms with van der Waals surface area (Å²) >= 11 is 0. The van der Waals surface area contributed by atoms with Crippen LogP contribution in [0.2, 0.25) is 0 Å². The van der Waals surface area contributed by atoms with Crippen LogP contribution in [0.5, 0.6) is 0 Å². The van der Waals surface area contributed by atoms with Crippen molar-refractivity contribution < 1.29 is 9.18 Å². The van der Waals surface area contributed by atoms with Crippen molar-refractivity contribution in [3.05, 3.63) is 12.0 Å². The second kappa shape index (κ2) is 6.83. The molecule has 19 heavy (non-hydrogen) atoms. The summed E-state index contributed by atoms with van der Waals surface area (Å²) in [4.78, 5) is 20.8. The van der Waals surface area contributed by atoms with Crippen LogP contribution < -0.4 is 21.5 Å². The van der Waals surface area contributed by atoms with E-state index in [1.165, 1.54) is 4.90 Å². The van der Waals surface area contributed by atoms with Gasteiger partial charge in [-0.25, -0.2) is 15.2 Å². The summed E-state index contributed by atoms with van der Waals surface area (Å²) in [6.45, 7) is 5.97. The second-order valence-electron chi connectivity index (χ2n) is 4.25. The fraction of sp³-hybridized carbons (Fsp3) is 0.545. The summed E-state index contributed by atoms with van der Waals surface area (Å²) in [6, 6.07) is 0.0303. The molecule has 0 aliphatic rings. The van der Waals surface area contributed by atoms with Crippen molar-refractivity contribution >= 4 is 17.7 Å². The lowest BCUT2D eigenvalue weighted by Crippen LogP contribution is -2.40. The second-order valence-corrected chi connectivity index (χ2v) is 4.25. The highest BCUT2D eigenvalue weighted by atomic mass is 19.1. The third-order valence-corrected chi connectivity index (χ3v) is 2.32. The number of likely N-dealkylation sites (N-methyl/N-ethyl adjacent to an activating group) is 1. The minimum absolute atomic E-state index is 0.0205. The maximum Gasteiger partial charge on any atom is 0.239 e. The summed E-state index contributed by atoms with van der Waals surface area (Å²) in [7, 11) is 0. The summed E-state index contributed by atoms with van der Waals surface area (Å²) < 4.78 is 13.7. The highest BCUT2D eigenvalue weighted by molar-refractivity contribution is 5.81.